The van der Waals surface area contributed by atoms with Gasteiger partial charge in [0.1, 0.15) is 5.69 Å². The average Bonchev–Trinajstić information content (AvgIpc) is 3.21. The van der Waals surface area contributed by atoms with Crippen molar-refractivity contribution in [2.75, 3.05) is 26.8 Å². The number of carbonyl (C=O) groups excluding carboxylic acids is 2. The first-order chi connectivity index (χ1) is 14.6. The molecule has 0 unspecified atom stereocenters. The summed E-state index contributed by atoms with van der Waals surface area (Å²) in [4.78, 5) is 30.8. The van der Waals surface area contributed by atoms with Gasteiger partial charge in [-0.1, -0.05) is 18.2 Å². The van der Waals surface area contributed by atoms with E-state index in [2.05, 4.69) is 15.4 Å². The fraction of sp³-hybridized carbons (Fsp3) is 0.409. The molecule has 0 atom stereocenters. The molecule has 0 bridgehead atoms. The maximum Gasteiger partial charge on any atom is 0.270 e. The third-order valence-electron chi connectivity index (χ3n) is 6.19. The van der Waals surface area contributed by atoms with Gasteiger partial charge in [0.15, 0.2) is 0 Å². The number of rotatable bonds is 6. The van der Waals surface area contributed by atoms with Crippen LogP contribution in [-0.2, 0) is 17.8 Å². The summed E-state index contributed by atoms with van der Waals surface area (Å²) in [6.45, 7) is 2.75. The number of para-hydroxylation sites is 1. The van der Waals surface area contributed by atoms with Crippen molar-refractivity contribution in [1.82, 2.24) is 25.0 Å². The van der Waals surface area contributed by atoms with Crippen molar-refractivity contribution in [3.05, 3.63) is 53.5 Å². The molecule has 156 valence electrons. The molecular formula is C22H25N5O3. The Morgan fingerprint density at radius 1 is 1.27 bits per heavy atom. The van der Waals surface area contributed by atoms with Crippen molar-refractivity contribution in [3.63, 3.8) is 0 Å². The molecule has 30 heavy (non-hydrogen) atoms. The van der Waals surface area contributed by atoms with Gasteiger partial charge in [-0.15, -0.1) is 0 Å². The normalized spacial score (nSPS) is 17.0. The monoisotopic (exact) mass is 407 g/mol. The van der Waals surface area contributed by atoms with Gasteiger partial charge < -0.3 is 19.9 Å². The van der Waals surface area contributed by atoms with E-state index in [4.69, 9.17) is 4.74 Å². The van der Waals surface area contributed by atoms with Crippen molar-refractivity contribution in [2.24, 2.45) is 5.41 Å². The fourth-order valence-corrected chi connectivity index (χ4v) is 4.19. The Morgan fingerprint density at radius 2 is 2.10 bits per heavy atom. The van der Waals surface area contributed by atoms with E-state index in [-0.39, 0.29) is 17.2 Å². The zero-order valence-corrected chi connectivity index (χ0v) is 17.0. The van der Waals surface area contributed by atoms with Crippen LogP contribution in [0.15, 0.2) is 36.5 Å². The number of ether oxygens (including phenoxy) is 1. The highest BCUT2D eigenvalue weighted by Gasteiger charge is 2.43. The predicted molar refractivity (Wildman–Crippen MR) is 111 cm³/mol. The molecule has 5 rings (SSSR count). The molecule has 8 heteroatoms. The lowest BCUT2D eigenvalue weighted by Crippen LogP contribution is -2.40. The van der Waals surface area contributed by atoms with E-state index >= 15 is 0 Å². The minimum absolute atomic E-state index is 0.0676. The number of methoxy groups -OCH3 is 1. The van der Waals surface area contributed by atoms with Crippen LogP contribution in [0, 0.1) is 5.41 Å². The largest absolute Gasteiger partial charge is 0.384 e. The SMILES string of the molecule is COCC1(CNC(=O)c2cnn3c2CN(C(=O)c2cc4ccccc4[nH]2)CC3)CC1. The van der Waals surface area contributed by atoms with Crippen molar-refractivity contribution < 1.29 is 14.3 Å². The number of aromatic amines is 1. The van der Waals surface area contributed by atoms with Crippen LogP contribution in [-0.4, -0.2) is 58.3 Å². The summed E-state index contributed by atoms with van der Waals surface area (Å²) in [7, 11) is 1.69. The number of nitrogens with zero attached hydrogens (tertiary/aromatic N) is 3. The summed E-state index contributed by atoms with van der Waals surface area (Å²) in [5.41, 5.74) is 2.89. The molecule has 1 fully saturated rings. The molecule has 1 aliphatic heterocycles. The second kappa shape index (κ2) is 7.28. The van der Waals surface area contributed by atoms with Gasteiger partial charge >= 0.3 is 0 Å². The fourth-order valence-electron chi connectivity index (χ4n) is 4.19. The number of hydrogen-bond donors (Lipinski definition) is 2. The van der Waals surface area contributed by atoms with Crippen LogP contribution < -0.4 is 5.32 Å². The second-order valence-corrected chi connectivity index (χ2v) is 8.34. The summed E-state index contributed by atoms with van der Waals surface area (Å²) < 4.78 is 7.10. The Kier molecular flexibility index (Phi) is 4.58. The van der Waals surface area contributed by atoms with Gasteiger partial charge in [0.2, 0.25) is 0 Å². The van der Waals surface area contributed by atoms with Crippen LogP contribution >= 0.6 is 0 Å². The first-order valence-corrected chi connectivity index (χ1v) is 10.3. The molecule has 3 heterocycles. The molecule has 1 aromatic carbocycles. The van der Waals surface area contributed by atoms with Gasteiger partial charge in [0.25, 0.3) is 11.8 Å². The molecule has 2 amide bonds. The predicted octanol–water partition coefficient (Wildman–Crippen LogP) is 2.18. The van der Waals surface area contributed by atoms with Gasteiger partial charge in [0, 0.05) is 36.5 Å². The van der Waals surface area contributed by atoms with Crippen molar-refractivity contribution >= 4 is 22.7 Å². The molecule has 1 aliphatic carbocycles. The Labute approximate surface area is 174 Å². The highest BCUT2D eigenvalue weighted by atomic mass is 16.5. The highest BCUT2D eigenvalue weighted by Crippen LogP contribution is 2.45. The van der Waals surface area contributed by atoms with Gasteiger partial charge in [-0.05, 0) is 25.0 Å². The van der Waals surface area contributed by atoms with Crippen molar-refractivity contribution in [1.29, 1.82) is 0 Å². The number of hydrogen-bond acceptors (Lipinski definition) is 4. The molecule has 3 aromatic rings. The Hall–Kier alpha value is -3.13. The van der Waals surface area contributed by atoms with Crippen LogP contribution in [0.2, 0.25) is 0 Å². The van der Waals surface area contributed by atoms with Gasteiger partial charge in [-0.25, -0.2) is 0 Å². The third-order valence-corrected chi connectivity index (χ3v) is 6.19. The maximum atomic E-state index is 13.1. The highest BCUT2D eigenvalue weighted by molar-refractivity contribution is 5.98. The number of carbonyl (C=O) groups is 2. The molecule has 0 spiro atoms. The Bertz CT molecular complexity index is 1080. The lowest BCUT2D eigenvalue weighted by molar-refractivity contribution is 0.0697. The summed E-state index contributed by atoms with van der Waals surface area (Å²) in [6.07, 6.45) is 3.75. The topological polar surface area (TPSA) is 92.2 Å². The Morgan fingerprint density at radius 3 is 2.87 bits per heavy atom. The molecule has 8 nitrogen and oxygen atoms in total. The summed E-state index contributed by atoms with van der Waals surface area (Å²) in [5.74, 6) is -0.208. The van der Waals surface area contributed by atoms with Crippen LogP contribution in [0.5, 0.6) is 0 Å². The van der Waals surface area contributed by atoms with Gasteiger partial charge in [-0.3, -0.25) is 14.3 Å². The number of benzene rings is 1. The zero-order chi connectivity index (χ0) is 20.7. The first kappa shape index (κ1) is 18.9. The van der Waals surface area contributed by atoms with Crippen molar-refractivity contribution in [3.8, 4) is 0 Å². The maximum absolute atomic E-state index is 13.1. The van der Waals surface area contributed by atoms with Gasteiger partial charge in [0.05, 0.1) is 37.2 Å². The smallest absolute Gasteiger partial charge is 0.270 e. The van der Waals surface area contributed by atoms with E-state index in [1.165, 1.54) is 0 Å². The van der Waals surface area contributed by atoms with Crippen LogP contribution in [0.3, 0.4) is 0 Å². The van der Waals surface area contributed by atoms with E-state index in [0.717, 1.165) is 29.4 Å². The lowest BCUT2D eigenvalue weighted by Gasteiger charge is -2.28. The zero-order valence-electron chi connectivity index (χ0n) is 17.0. The number of H-pyrrole nitrogens is 1. The average molecular weight is 407 g/mol. The van der Waals surface area contributed by atoms with E-state index < -0.39 is 0 Å². The summed E-state index contributed by atoms with van der Waals surface area (Å²) in [6, 6.07) is 9.70. The first-order valence-electron chi connectivity index (χ1n) is 10.3. The molecular weight excluding hydrogens is 382 g/mol. The quantitative estimate of drug-likeness (QED) is 0.655. The van der Waals surface area contributed by atoms with E-state index in [1.54, 1.807) is 18.2 Å². The number of aromatic nitrogens is 3. The molecule has 2 N–H and O–H groups in total. The summed E-state index contributed by atoms with van der Waals surface area (Å²) in [5, 5.41) is 8.40. The Balaban J connectivity index is 1.30. The van der Waals surface area contributed by atoms with E-state index in [9.17, 15) is 9.59 Å². The van der Waals surface area contributed by atoms with Gasteiger partial charge in [-0.2, -0.15) is 5.10 Å². The standard InChI is InChI=1S/C22H25N5O3/c1-30-14-22(6-7-22)13-23-20(28)16-11-24-27-9-8-26(12-19(16)27)21(29)18-10-15-4-2-3-5-17(15)25-18/h2-5,10-11,25H,6-9,12-14H2,1H3,(H,23,28). The molecule has 0 radical (unpaired) electrons. The van der Waals surface area contributed by atoms with E-state index in [0.29, 0.717) is 44.0 Å². The number of amides is 2. The van der Waals surface area contributed by atoms with Crippen LogP contribution in [0.4, 0.5) is 0 Å². The molecule has 2 aliphatic rings. The molecule has 0 saturated heterocycles. The summed E-state index contributed by atoms with van der Waals surface area (Å²) >= 11 is 0. The molecule has 2 aromatic heterocycles. The minimum atomic E-state index is -0.140. The molecule has 1 saturated carbocycles. The van der Waals surface area contributed by atoms with Crippen LogP contribution in [0.25, 0.3) is 10.9 Å². The van der Waals surface area contributed by atoms with Crippen LogP contribution in [0.1, 0.15) is 39.4 Å². The van der Waals surface area contributed by atoms with E-state index in [1.807, 2.05) is 35.0 Å². The second-order valence-electron chi connectivity index (χ2n) is 8.34. The number of nitrogens with one attached hydrogen (secondary N) is 2. The third kappa shape index (κ3) is 3.37. The minimum Gasteiger partial charge on any atom is -0.384 e. The number of fused-ring (bicyclic) bond motifs is 2. The lowest BCUT2D eigenvalue weighted by atomic mass is 10.1. The van der Waals surface area contributed by atoms with Crippen molar-refractivity contribution in [2.45, 2.75) is 25.9 Å².